The molecule has 10 heteroatoms. The van der Waals surface area contributed by atoms with E-state index in [1.807, 2.05) is 48.5 Å². The van der Waals surface area contributed by atoms with E-state index in [9.17, 15) is 23.2 Å². The molecule has 2 aliphatic carbocycles. The number of fused-ring (bicyclic) bond motifs is 2. The number of aromatic hydroxyl groups is 1. The van der Waals surface area contributed by atoms with Gasteiger partial charge < -0.3 is 26.4 Å². The van der Waals surface area contributed by atoms with Gasteiger partial charge >= 0.3 is 0 Å². The summed E-state index contributed by atoms with van der Waals surface area (Å²) in [5.74, 6) is -0.148. The number of ether oxygens (including phenoxy) is 1. The maximum Gasteiger partial charge on any atom is 0.268 e. The van der Waals surface area contributed by atoms with Crippen molar-refractivity contribution in [3.63, 3.8) is 0 Å². The lowest BCUT2D eigenvalue weighted by atomic mass is 9.69. The summed E-state index contributed by atoms with van der Waals surface area (Å²) in [7, 11) is -4.51. The summed E-state index contributed by atoms with van der Waals surface area (Å²) in [5, 5.41) is 20.0. The summed E-state index contributed by atoms with van der Waals surface area (Å²) in [6, 6.07) is 19.8. The van der Waals surface area contributed by atoms with Crippen LogP contribution in [0.15, 0.2) is 83.4 Å². The number of rotatable bonds is 4. The van der Waals surface area contributed by atoms with Gasteiger partial charge in [-0.1, -0.05) is 55.5 Å². The summed E-state index contributed by atoms with van der Waals surface area (Å²) in [6.45, 7) is 2.13. The van der Waals surface area contributed by atoms with Crippen LogP contribution < -0.4 is 16.2 Å². The van der Waals surface area contributed by atoms with Gasteiger partial charge in [-0.05, 0) is 102 Å². The number of hydrogen-bond donors (Lipinski definition) is 5. The number of phenolic OH excluding ortho intramolecular Hbond substituents is 1. The van der Waals surface area contributed by atoms with Gasteiger partial charge in [-0.2, -0.15) is 8.42 Å². The van der Waals surface area contributed by atoms with E-state index >= 15 is 0 Å². The van der Waals surface area contributed by atoms with Crippen LogP contribution in [0.25, 0.3) is 0 Å². The van der Waals surface area contributed by atoms with Crippen molar-refractivity contribution in [1.29, 1.82) is 0 Å². The van der Waals surface area contributed by atoms with Gasteiger partial charge in [0.15, 0.2) is 5.96 Å². The molecule has 44 heavy (non-hydrogen) atoms. The fourth-order valence-electron chi connectivity index (χ4n) is 7.37. The molecule has 6 bridgehead atoms. The fraction of sp³-hybridized carbons (Fsp3) is 0.382. The molecule has 232 valence electrons. The molecule has 0 saturated heterocycles. The number of aliphatic hydroxyl groups excluding tert-OH is 1. The molecule has 8 rings (SSSR count). The normalized spacial score (nSPS) is 27.2. The van der Waals surface area contributed by atoms with Gasteiger partial charge in [0.1, 0.15) is 17.6 Å². The highest BCUT2D eigenvalue weighted by molar-refractivity contribution is 7.86. The van der Waals surface area contributed by atoms with E-state index in [0.29, 0.717) is 29.7 Å². The van der Waals surface area contributed by atoms with Gasteiger partial charge in [0.25, 0.3) is 10.1 Å². The van der Waals surface area contributed by atoms with E-state index < -0.39 is 33.6 Å². The molecule has 0 saturated carbocycles. The number of aliphatic imine (C=N–C) groups is 1. The maximum atomic E-state index is 13.3. The predicted octanol–water partition coefficient (Wildman–Crippen LogP) is 5.22. The van der Waals surface area contributed by atoms with Crippen molar-refractivity contribution in [3.05, 3.63) is 106 Å². The summed E-state index contributed by atoms with van der Waals surface area (Å²) in [6.07, 6.45) is 3.16. The molecule has 9 nitrogen and oxygen atoms in total. The fourth-order valence-corrected chi connectivity index (χ4v) is 8.48. The van der Waals surface area contributed by atoms with Crippen molar-refractivity contribution in [3.8, 4) is 11.5 Å². The van der Waals surface area contributed by atoms with Crippen molar-refractivity contribution >= 4 is 16.1 Å². The van der Waals surface area contributed by atoms with E-state index in [-0.39, 0.29) is 35.9 Å². The number of guanidine groups is 1. The number of allylic oxidation sites excluding steroid dienone is 1. The number of aryl methyl sites for hydroxylation is 1. The number of benzene rings is 3. The summed E-state index contributed by atoms with van der Waals surface area (Å²) in [4.78, 5) is 4.34. The Hall–Kier alpha value is -3.86. The third-order valence-electron chi connectivity index (χ3n) is 9.71. The third kappa shape index (κ3) is 6.06. The molecule has 3 aromatic rings. The zero-order valence-electron chi connectivity index (χ0n) is 24.6. The molecule has 0 unspecified atom stereocenters. The lowest BCUT2D eigenvalue weighted by Gasteiger charge is -2.39. The van der Waals surface area contributed by atoms with Crippen molar-refractivity contribution < 1.29 is 27.9 Å². The first kappa shape index (κ1) is 30.2. The standard InChI is InChI=1S/C34H39N3O6S/c1-19-2-3-23-16-26-13-15-28(23)29(19)18-31(44(40,41)42)30-17-24(32(39)21-8-11-25(38)12-9-21)10-14-27(30)20-4-6-22(7-5-20)33(43-26)37-34(35)36/h4-9,11-13,15-17,19,27,29-33,38-39H,2-3,10,14,18H2,1H3,(H4,35,36,37)(H,40,41,42)/t19-,27+,29-,30+,31-,32+,33+/m1/s1. The molecular weight excluding hydrogens is 578 g/mol. The van der Waals surface area contributed by atoms with Crippen LogP contribution in [0.1, 0.15) is 84.6 Å². The van der Waals surface area contributed by atoms with Gasteiger partial charge in [-0.15, -0.1) is 0 Å². The van der Waals surface area contributed by atoms with E-state index in [1.165, 1.54) is 12.1 Å². The highest BCUT2D eigenvalue weighted by atomic mass is 32.2. The second-order valence-corrected chi connectivity index (χ2v) is 14.1. The van der Waals surface area contributed by atoms with Crippen molar-refractivity contribution in [2.24, 2.45) is 28.3 Å². The second kappa shape index (κ2) is 11.9. The summed E-state index contributed by atoms with van der Waals surface area (Å²) >= 11 is 0. The maximum absolute atomic E-state index is 13.3. The molecule has 7 N–H and O–H groups in total. The van der Waals surface area contributed by atoms with E-state index in [0.717, 1.165) is 35.1 Å². The Bertz CT molecular complexity index is 1680. The second-order valence-electron chi connectivity index (χ2n) is 12.4. The van der Waals surface area contributed by atoms with Crippen LogP contribution in [0.3, 0.4) is 0 Å². The Morgan fingerprint density at radius 2 is 1.66 bits per heavy atom. The molecule has 0 amide bonds. The minimum Gasteiger partial charge on any atom is -0.508 e. The summed E-state index contributed by atoms with van der Waals surface area (Å²) in [5.41, 5.74) is 16.6. The zero-order chi connectivity index (χ0) is 31.2. The molecule has 3 heterocycles. The Kier molecular flexibility index (Phi) is 8.17. The Morgan fingerprint density at radius 3 is 2.34 bits per heavy atom. The van der Waals surface area contributed by atoms with Crippen molar-refractivity contribution in [2.75, 3.05) is 0 Å². The van der Waals surface area contributed by atoms with E-state index in [1.54, 1.807) is 12.1 Å². The predicted molar refractivity (Wildman–Crippen MR) is 169 cm³/mol. The van der Waals surface area contributed by atoms with Crippen LogP contribution in [0, 0.1) is 11.8 Å². The molecule has 0 fully saturated rings. The average Bonchev–Trinajstić information content (AvgIpc) is 3.00. The Labute approximate surface area is 258 Å². The van der Waals surface area contributed by atoms with Crippen LogP contribution in [-0.4, -0.2) is 34.4 Å². The van der Waals surface area contributed by atoms with Gasteiger partial charge in [0.05, 0.1) is 5.25 Å². The molecule has 3 aliphatic heterocycles. The average molecular weight is 618 g/mol. The Balaban J connectivity index is 1.51. The van der Waals surface area contributed by atoms with Crippen LogP contribution >= 0.6 is 0 Å². The number of hydrogen-bond acceptors (Lipinski definition) is 6. The van der Waals surface area contributed by atoms with Crippen molar-refractivity contribution in [2.45, 2.75) is 68.4 Å². The first-order valence-corrected chi connectivity index (χ1v) is 16.6. The first-order valence-electron chi connectivity index (χ1n) is 15.1. The quantitative estimate of drug-likeness (QED) is 0.115. The van der Waals surface area contributed by atoms with Gasteiger partial charge in [0, 0.05) is 11.5 Å². The van der Waals surface area contributed by atoms with Gasteiger partial charge in [0.2, 0.25) is 6.23 Å². The highest BCUT2D eigenvalue weighted by Crippen LogP contribution is 2.48. The Morgan fingerprint density at radius 1 is 0.955 bits per heavy atom. The van der Waals surface area contributed by atoms with Crippen molar-refractivity contribution in [1.82, 2.24) is 0 Å². The lowest BCUT2D eigenvalue weighted by Crippen LogP contribution is -2.37. The van der Waals surface area contributed by atoms with Crippen LogP contribution in [-0.2, 0) is 16.5 Å². The molecular formula is C34H39N3O6S. The smallest absolute Gasteiger partial charge is 0.268 e. The highest BCUT2D eigenvalue weighted by Gasteiger charge is 2.43. The zero-order valence-corrected chi connectivity index (χ0v) is 25.4. The SMILES string of the molecule is C[C@@H]1CCc2cc3ccc2[C@@H]1C[C@@H](S(=O)(=O)O)[C@H]1C=C([C@@H](O)c2ccc(O)cc2)CC[C@H]1c1ccc(cc1)[C@@H](N=C(N)N)O3. The molecule has 5 aliphatic rings. The topological polar surface area (TPSA) is 168 Å². The van der Waals surface area contributed by atoms with Crippen LogP contribution in [0.2, 0.25) is 0 Å². The van der Waals surface area contributed by atoms with Gasteiger partial charge in [-0.3, -0.25) is 4.55 Å². The van der Waals surface area contributed by atoms with Crippen LogP contribution in [0.5, 0.6) is 11.5 Å². The summed E-state index contributed by atoms with van der Waals surface area (Å²) < 4.78 is 43.8. The lowest BCUT2D eigenvalue weighted by molar-refractivity contribution is 0.202. The molecule has 7 atom stereocenters. The molecule has 3 aromatic carbocycles. The number of nitrogens with two attached hydrogens (primary N) is 2. The molecule has 0 radical (unpaired) electrons. The monoisotopic (exact) mass is 617 g/mol. The number of aliphatic hydroxyl groups is 1. The van der Waals surface area contributed by atoms with E-state index in [4.69, 9.17) is 16.2 Å². The molecule has 0 aromatic heterocycles. The largest absolute Gasteiger partial charge is 0.508 e. The minimum absolute atomic E-state index is 0.0943. The third-order valence-corrected chi connectivity index (χ3v) is 11.0. The minimum atomic E-state index is -4.51. The first-order chi connectivity index (χ1) is 21.0. The number of nitrogens with zero attached hydrogens (tertiary/aromatic N) is 1. The number of phenols is 1. The molecule has 0 spiro atoms. The van der Waals surface area contributed by atoms with E-state index in [2.05, 4.69) is 11.9 Å². The van der Waals surface area contributed by atoms with Crippen LogP contribution in [0.4, 0.5) is 0 Å². The van der Waals surface area contributed by atoms with Gasteiger partial charge in [-0.25, -0.2) is 4.99 Å².